The van der Waals surface area contributed by atoms with Crippen LogP contribution in [0.3, 0.4) is 0 Å². The van der Waals surface area contributed by atoms with Gasteiger partial charge in [0.05, 0.1) is 19.1 Å². The Bertz CT molecular complexity index is 776. The fraction of sp³-hybridized carbons (Fsp3) is 0.250. The van der Waals surface area contributed by atoms with Crippen molar-refractivity contribution in [3.05, 3.63) is 28.3 Å². The molecule has 116 valence electrons. The van der Waals surface area contributed by atoms with Crippen LogP contribution < -0.4 is 11.3 Å². The number of ether oxygens (including phenoxy) is 1. The largest absolute Gasteiger partial charge is 0.480 e. The molecule has 2 aliphatic heterocycles. The minimum Gasteiger partial charge on any atom is -0.480 e. The van der Waals surface area contributed by atoms with E-state index in [2.05, 4.69) is 14.9 Å². The van der Waals surface area contributed by atoms with Crippen LogP contribution in [0.1, 0.15) is 22.8 Å². The molecule has 0 bridgehead atoms. The van der Waals surface area contributed by atoms with Gasteiger partial charge in [0.15, 0.2) is 0 Å². The summed E-state index contributed by atoms with van der Waals surface area (Å²) in [7, 11) is 1.13. The van der Waals surface area contributed by atoms with Gasteiger partial charge in [0.2, 0.25) is 5.91 Å². The summed E-state index contributed by atoms with van der Waals surface area (Å²) >= 11 is 0. The number of carbonyl (C=O) groups excluding carboxylic acids is 2. The number of aliphatic carboxylic acids is 1. The zero-order valence-corrected chi connectivity index (χ0v) is 11.4. The van der Waals surface area contributed by atoms with Crippen molar-refractivity contribution in [2.45, 2.75) is 12.5 Å². The summed E-state index contributed by atoms with van der Waals surface area (Å²) in [6.07, 6.45) is 1.84. The lowest BCUT2D eigenvalue weighted by Gasteiger charge is -2.17. The summed E-state index contributed by atoms with van der Waals surface area (Å²) in [5.74, 6) is -2.97. The minimum absolute atomic E-state index is 0.00128. The molecule has 0 aromatic heterocycles. The number of nitrogens with one attached hydrogen (secondary N) is 1. The van der Waals surface area contributed by atoms with Gasteiger partial charge in [-0.15, -0.1) is 0 Å². The van der Waals surface area contributed by atoms with Gasteiger partial charge >= 0.3 is 11.9 Å². The molecule has 0 spiro atoms. The molecule has 0 aromatic carbocycles. The molecule has 1 atom stereocenters. The number of rotatable bonds is 5. The van der Waals surface area contributed by atoms with E-state index in [1.807, 2.05) is 0 Å². The molecule has 2 heterocycles. The van der Waals surface area contributed by atoms with Crippen molar-refractivity contribution >= 4 is 17.8 Å². The van der Waals surface area contributed by atoms with Gasteiger partial charge in [-0.3, -0.25) is 9.59 Å². The Kier molecular flexibility index (Phi) is 3.93. The van der Waals surface area contributed by atoms with E-state index in [4.69, 9.17) is 5.73 Å². The third-order valence-corrected chi connectivity index (χ3v) is 3.03. The van der Waals surface area contributed by atoms with Crippen LogP contribution in [-0.2, 0) is 14.3 Å². The Morgan fingerprint density at radius 1 is 1.45 bits per heavy atom. The van der Waals surface area contributed by atoms with E-state index < -0.39 is 35.9 Å². The van der Waals surface area contributed by atoms with E-state index in [9.17, 15) is 24.3 Å². The number of methoxy groups -OCH3 is 1. The molecule has 0 saturated carbocycles. The number of nitrogens with zero attached hydrogens (tertiary/aromatic N) is 2. The number of amides is 1. The maximum Gasteiger partial charge on any atom is 0.341 e. The van der Waals surface area contributed by atoms with E-state index in [1.165, 1.54) is 6.20 Å². The van der Waals surface area contributed by atoms with Crippen LogP contribution in [0, 0.1) is 0 Å². The van der Waals surface area contributed by atoms with E-state index in [1.54, 1.807) is 0 Å². The third-order valence-electron chi connectivity index (χ3n) is 3.03. The molecular weight excluding hydrogens is 296 g/mol. The first kappa shape index (κ1) is 15.2. The predicted octanol–water partition coefficient (Wildman–Crippen LogP) is -1.04. The lowest BCUT2D eigenvalue weighted by molar-refractivity contribution is -0.142. The van der Waals surface area contributed by atoms with Crippen molar-refractivity contribution in [2.75, 3.05) is 7.11 Å². The van der Waals surface area contributed by atoms with Crippen LogP contribution in [0.4, 0.5) is 0 Å². The Labute approximate surface area is 122 Å². The van der Waals surface area contributed by atoms with Crippen LogP contribution in [0.2, 0.25) is 0 Å². The SMILES string of the molecule is COC(=O)c1cn(C(CC(N)=O)C(=O)O)cc2c(=O)[nH]nc1-2. The lowest BCUT2D eigenvalue weighted by atomic mass is 10.1. The summed E-state index contributed by atoms with van der Waals surface area (Å²) in [6, 6.07) is -1.36. The lowest BCUT2D eigenvalue weighted by Crippen LogP contribution is -2.26. The standard InChI is InChI=1S/C12H12N4O6/c1-22-12(21)6-4-16(7(11(19)20)2-8(13)17)3-5-9(6)14-15-10(5)18/h3-4,7H,2H2,1H3,(H2,13,17)(H,15,18)(H,19,20). The molecule has 0 saturated heterocycles. The topological polar surface area (TPSA) is 157 Å². The van der Waals surface area contributed by atoms with Gasteiger partial charge in [-0.25, -0.2) is 14.7 Å². The van der Waals surface area contributed by atoms with Gasteiger partial charge in [-0.1, -0.05) is 0 Å². The average Bonchev–Trinajstić information content (AvgIpc) is 2.84. The van der Waals surface area contributed by atoms with Gasteiger partial charge in [0, 0.05) is 12.4 Å². The van der Waals surface area contributed by atoms with E-state index in [-0.39, 0.29) is 16.8 Å². The van der Waals surface area contributed by atoms with Crippen LogP contribution in [0.5, 0.6) is 0 Å². The second-order valence-electron chi connectivity index (χ2n) is 4.45. The monoisotopic (exact) mass is 308 g/mol. The minimum atomic E-state index is -1.36. The van der Waals surface area contributed by atoms with Crippen LogP contribution >= 0.6 is 0 Å². The maximum absolute atomic E-state index is 11.8. The van der Waals surface area contributed by atoms with Gasteiger partial charge in [-0.2, -0.15) is 5.10 Å². The maximum atomic E-state index is 11.8. The van der Waals surface area contributed by atoms with Crippen LogP contribution in [-0.4, -0.2) is 44.8 Å². The summed E-state index contributed by atoms with van der Waals surface area (Å²) in [6.45, 7) is 0. The van der Waals surface area contributed by atoms with Crippen molar-refractivity contribution in [2.24, 2.45) is 5.73 Å². The highest BCUT2D eigenvalue weighted by Crippen LogP contribution is 2.24. The molecular formula is C12H12N4O6. The molecule has 4 N–H and O–H groups in total. The first-order valence-corrected chi connectivity index (χ1v) is 6.04. The van der Waals surface area contributed by atoms with Crippen LogP contribution in [0.15, 0.2) is 17.2 Å². The highest BCUT2D eigenvalue weighted by Gasteiger charge is 2.27. The Morgan fingerprint density at radius 2 is 2.14 bits per heavy atom. The summed E-state index contributed by atoms with van der Waals surface area (Å²) in [4.78, 5) is 45.8. The van der Waals surface area contributed by atoms with Gasteiger partial charge in [0.1, 0.15) is 17.3 Å². The molecule has 2 rings (SSSR count). The molecule has 2 aliphatic rings. The molecule has 1 unspecified atom stereocenters. The van der Waals surface area contributed by atoms with Crippen molar-refractivity contribution in [3.8, 4) is 11.3 Å². The Morgan fingerprint density at radius 3 is 2.68 bits per heavy atom. The number of H-pyrrole nitrogens is 1. The number of carbonyl (C=O) groups is 3. The Hall–Kier alpha value is -3.17. The van der Waals surface area contributed by atoms with Crippen molar-refractivity contribution in [1.82, 2.24) is 14.8 Å². The molecule has 0 radical (unpaired) electrons. The van der Waals surface area contributed by atoms with Gasteiger partial charge in [0.25, 0.3) is 5.56 Å². The summed E-state index contributed by atoms with van der Waals surface area (Å²) < 4.78 is 5.64. The first-order valence-electron chi connectivity index (χ1n) is 6.04. The molecule has 22 heavy (non-hydrogen) atoms. The molecule has 10 heteroatoms. The number of carboxylic acid groups (broad SMARTS) is 1. The van der Waals surface area contributed by atoms with Gasteiger partial charge < -0.3 is 20.1 Å². The van der Waals surface area contributed by atoms with Crippen molar-refractivity contribution < 1.29 is 24.2 Å². The quantitative estimate of drug-likeness (QED) is 0.595. The Balaban J connectivity index is 2.67. The van der Waals surface area contributed by atoms with Gasteiger partial charge in [-0.05, 0) is 0 Å². The smallest absolute Gasteiger partial charge is 0.341 e. The molecule has 0 aliphatic carbocycles. The number of primary amides is 1. The van der Waals surface area contributed by atoms with E-state index in [0.29, 0.717) is 0 Å². The number of hydrogen-bond acceptors (Lipinski definition) is 6. The normalized spacial score (nSPS) is 12.0. The van der Waals surface area contributed by atoms with Crippen molar-refractivity contribution in [3.63, 3.8) is 0 Å². The average molecular weight is 308 g/mol. The zero-order chi connectivity index (χ0) is 16.4. The second kappa shape index (κ2) is 5.68. The predicted molar refractivity (Wildman–Crippen MR) is 71.3 cm³/mol. The zero-order valence-electron chi connectivity index (χ0n) is 11.4. The molecule has 1 amide bonds. The molecule has 0 fully saturated rings. The number of aromatic amines is 1. The fourth-order valence-electron chi connectivity index (χ4n) is 2.01. The van der Waals surface area contributed by atoms with Crippen molar-refractivity contribution in [1.29, 1.82) is 0 Å². The summed E-state index contributed by atoms with van der Waals surface area (Å²) in [5.41, 5.74) is 4.38. The number of aromatic nitrogens is 3. The second-order valence-corrected chi connectivity index (χ2v) is 4.45. The first-order chi connectivity index (χ1) is 10.3. The van der Waals surface area contributed by atoms with Crippen LogP contribution in [0.25, 0.3) is 11.3 Å². The number of carboxylic acids is 1. The number of fused-ring (bicyclic) bond motifs is 1. The number of nitrogens with two attached hydrogens (primary N) is 1. The van der Waals surface area contributed by atoms with E-state index in [0.717, 1.165) is 17.9 Å². The highest BCUT2D eigenvalue weighted by molar-refractivity contribution is 5.96. The molecule has 10 nitrogen and oxygen atoms in total. The highest BCUT2D eigenvalue weighted by atomic mass is 16.5. The molecule has 0 aromatic rings. The third kappa shape index (κ3) is 2.66. The number of pyridine rings is 1. The number of hydrogen-bond donors (Lipinski definition) is 3. The summed E-state index contributed by atoms with van der Waals surface area (Å²) in [5, 5.41) is 15.1. The number of esters is 1. The van der Waals surface area contributed by atoms with E-state index >= 15 is 0 Å². The fourth-order valence-corrected chi connectivity index (χ4v) is 2.01.